The molecule has 0 saturated carbocycles. The maximum Gasteiger partial charge on any atom is 0.336 e. The summed E-state index contributed by atoms with van der Waals surface area (Å²) in [6.45, 7) is 0. The smallest absolute Gasteiger partial charge is 0.336 e. The Morgan fingerprint density at radius 3 is 2.55 bits per heavy atom. The summed E-state index contributed by atoms with van der Waals surface area (Å²) in [6, 6.07) is 14.0. The van der Waals surface area contributed by atoms with Crippen LogP contribution in [0.5, 0.6) is 0 Å². The fourth-order valence-corrected chi connectivity index (χ4v) is 2.26. The molecule has 2 aromatic rings. The number of nitrogens with one attached hydrogen (secondary N) is 1. The molecule has 1 aliphatic rings. The zero-order valence-corrected chi connectivity index (χ0v) is 10.5. The van der Waals surface area contributed by atoms with Gasteiger partial charge < -0.3 is 10.4 Å². The highest BCUT2D eigenvalue weighted by Gasteiger charge is 2.23. The van der Waals surface area contributed by atoms with Crippen LogP contribution in [0.15, 0.2) is 48.5 Å². The highest BCUT2D eigenvalue weighted by Crippen LogP contribution is 2.33. The molecule has 1 heterocycles. The number of carbonyl (C=O) groups excluding carboxylic acids is 1. The van der Waals surface area contributed by atoms with Gasteiger partial charge in [0, 0.05) is 16.8 Å². The van der Waals surface area contributed by atoms with Crippen molar-refractivity contribution < 1.29 is 14.7 Å². The molecule has 0 aliphatic carbocycles. The van der Waals surface area contributed by atoms with Gasteiger partial charge in [0.1, 0.15) is 0 Å². The fraction of sp³-hybridized carbons (Fsp3) is 0. The first-order valence-corrected chi connectivity index (χ1v) is 6.11. The Balaban J connectivity index is 2.14. The van der Waals surface area contributed by atoms with E-state index in [1.807, 2.05) is 24.3 Å². The largest absolute Gasteiger partial charge is 0.478 e. The second-order valence-corrected chi connectivity index (χ2v) is 4.45. The van der Waals surface area contributed by atoms with Crippen LogP contribution in [0.25, 0.3) is 11.6 Å². The minimum Gasteiger partial charge on any atom is -0.478 e. The average Bonchev–Trinajstić information content (AvgIpc) is 2.76. The van der Waals surface area contributed by atoms with Crippen molar-refractivity contribution >= 4 is 29.2 Å². The van der Waals surface area contributed by atoms with Gasteiger partial charge >= 0.3 is 5.97 Å². The van der Waals surface area contributed by atoms with Crippen LogP contribution in [0.4, 0.5) is 5.69 Å². The summed E-state index contributed by atoms with van der Waals surface area (Å²) in [5, 5.41) is 11.9. The molecule has 0 atom stereocenters. The van der Waals surface area contributed by atoms with Gasteiger partial charge in [-0.2, -0.15) is 0 Å². The van der Waals surface area contributed by atoms with Crippen molar-refractivity contribution in [3.8, 4) is 0 Å². The van der Waals surface area contributed by atoms with Crippen LogP contribution in [-0.4, -0.2) is 17.0 Å². The monoisotopic (exact) mass is 265 g/mol. The zero-order chi connectivity index (χ0) is 14.1. The second kappa shape index (κ2) is 4.66. The lowest BCUT2D eigenvalue weighted by Crippen LogP contribution is -2.04. The molecule has 3 rings (SSSR count). The van der Waals surface area contributed by atoms with Crippen molar-refractivity contribution in [2.24, 2.45) is 0 Å². The van der Waals surface area contributed by atoms with Crippen LogP contribution in [-0.2, 0) is 4.79 Å². The number of carboxylic acid groups (broad SMARTS) is 1. The Bertz CT molecular complexity index is 747. The van der Waals surface area contributed by atoms with Gasteiger partial charge in [-0.3, -0.25) is 4.79 Å². The van der Waals surface area contributed by atoms with Crippen molar-refractivity contribution in [2.45, 2.75) is 0 Å². The predicted molar refractivity (Wildman–Crippen MR) is 76.3 cm³/mol. The van der Waals surface area contributed by atoms with Gasteiger partial charge in [0.2, 0.25) is 0 Å². The second-order valence-electron chi connectivity index (χ2n) is 4.45. The molecule has 20 heavy (non-hydrogen) atoms. The molecule has 0 saturated heterocycles. The van der Waals surface area contributed by atoms with E-state index in [0.29, 0.717) is 11.1 Å². The molecule has 98 valence electrons. The summed E-state index contributed by atoms with van der Waals surface area (Å²) < 4.78 is 0. The Morgan fingerprint density at radius 1 is 1.05 bits per heavy atom. The van der Waals surface area contributed by atoms with Gasteiger partial charge in [0.05, 0.1) is 5.56 Å². The lowest BCUT2D eigenvalue weighted by Gasteiger charge is -2.02. The van der Waals surface area contributed by atoms with Gasteiger partial charge in [-0.15, -0.1) is 0 Å². The summed E-state index contributed by atoms with van der Waals surface area (Å²) in [5.74, 6) is -1.23. The third kappa shape index (κ3) is 1.97. The maximum absolute atomic E-state index is 12.0. The lowest BCUT2D eigenvalue weighted by atomic mass is 10.0. The third-order valence-corrected chi connectivity index (χ3v) is 3.20. The van der Waals surface area contributed by atoms with E-state index >= 15 is 0 Å². The first-order chi connectivity index (χ1) is 9.66. The summed E-state index contributed by atoms with van der Waals surface area (Å²) in [6.07, 6.45) is 1.62. The van der Waals surface area contributed by atoms with Crippen LogP contribution in [0, 0.1) is 0 Å². The van der Waals surface area contributed by atoms with Gasteiger partial charge in [-0.25, -0.2) is 4.79 Å². The number of fused-ring (bicyclic) bond motifs is 1. The van der Waals surface area contributed by atoms with E-state index in [-0.39, 0.29) is 11.5 Å². The first kappa shape index (κ1) is 12.2. The van der Waals surface area contributed by atoms with Gasteiger partial charge in [0.15, 0.2) is 0 Å². The number of carbonyl (C=O) groups is 2. The molecule has 0 radical (unpaired) electrons. The zero-order valence-electron chi connectivity index (χ0n) is 10.5. The lowest BCUT2D eigenvalue weighted by molar-refractivity contribution is -0.110. The van der Waals surface area contributed by atoms with E-state index in [0.717, 1.165) is 11.3 Å². The van der Waals surface area contributed by atoms with Crippen molar-refractivity contribution in [1.29, 1.82) is 0 Å². The molecule has 2 N–H and O–H groups in total. The highest BCUT2D eigenvalue weighted by molar-refractivity contribution is 6.35. The van der Waals surface area contributed by atoms with Crippen LogP contribution in [0.2, 0.25) is 0 Å². The number of para-hydroxylation sites is 1. The van der Waals surface area contributed by atoms with E-state index in [9.17, 15) is 14.7 Å². The molecule has 0 fully saturated rings. The van der Waals surface area contributed by atoms with Crippen molar-refractivity contribution in [1.82, 2.24) is 0 Å². The standard InChI is InChI=1S/C16H11NO3/c18-15-13(12-7-3-4-8-14(12)17-15)9-10-5-1-2-6-11(10)16(19)20/h1-9H,(H,17,18)(H,19,20)/b13-9-. The van der Waals surface area contributed by atoms with Gasteiger partial charge in [-0.05, 0) is 23.8 Å². The molecular weight excluding hydrogens is 254 g/mol. The van der Waals surface area contributed by atoms with Crippen LogP contribution in [0.1, 0.15) is 21.5 Å². The molecule has 4 nitrogen and oxygen atoms in total. The molecular formula is C16H11NO3. The minimum absolute atomic E-state index is 0.178. The number of hydrogen-bond donors (Lipinski definition) is 2. The normalized spacial score (nSPS) is 15.0. The average molecular weight is 265 g/mol. The highest BCUT2D eigenvalue weighted by atomic mass is 16.4. The van der Waals surface area contributed by atoms with Crippen LogP contribution >= 0.6 is 0 Å². The van der Waals surface area contributed by atoms with Crippen molar-refractivity contribution in [2.75, 3.05) is 5.32 Å². The van der Waals surface area contributed by atoms with E-state index < -0.39 is 5.97 Å². The maximum atomic E-state index is 12.0. The minimum atomic E-state index is -1.01. The van der Waals surface area contributed by atoms with E-state index in [1.165, 1.54) is 6.07 Å². The fourth-order valence-electron chi connectivity index (χ4n) is 2.26. The number of amides is 1. The number of anilines is 1. The summed E-state index contributed by atoms with van der Waals surface area (Å²) in [7, 11) is 0. The summed E-state index contributed by atoms with van der Waals surface area (Å²) in [5.41, 5.74) is 2.71. The summed E-state index contributed by atoms with van der Waals surface area (Å²) in [4.78, 5) is 23.2. The van der Waals surface area contributed by atoms with E-state index in [1.54, 1.807) is 24.3 Å². The van der Waals surface area contributed by atoms with E-state index in [2.05, 4.69) is 5.32 Å². The first-order valence-electron chi connectivity index (χ1n) is 6.11. The van der Waals surface area contributed by atoms with Crippen molar-refractivity contribution in [3.05, 3.63) is 65.2 Å². The molecule has 2 aromatic carbocycles. The molecule has 4 heteroatoms. The van der Waals surface area contributed by atoms with Gasteiger partial charge in [-0.1, -0.05) is 36.4 Å². The molecule has 1 amide bonds. The number of rotatable bonds is 2. The molecule has 0 bridgehead atoms. The Morgan fingerprint density at radius 2 is 1.75 bits per heavy atom. The Kier molecular flexibility index (Phi) is 2.84. The third-order valence-electron chi connectivity index (χ3n) is 3.20. The quantitative estimate of drug-likeness (QED) is 0.820. The SMILES string of the molecule is O=C1Nc2ccccc2/C1=C/c1ccccc1C(=O)O. The molecule has 1 aliphatic heterocycles. The van der Waals surface area contributed by atoms with E-state index in [4.69, 9.17) is 0 Å². The van der Waals surface area contributed by atoms with Crippen molar-refractivity contribution in [3.63, 3.8) is 0 Å². The summed E-state index contributed by atoms with van der Waals surface area (Å²) >= 11 is 0. The topological polar surface area (TPSA) is 66.4 Å². The number of benzene rings is 2. The molecule has 0 unspecified atom stereocenters. The number of aromatic carboxylic acids is 1. The number of carboxylic acids is 1. The van der Waals surface area contributed by atoms with Crippen LogP contribution < -0.4 is 5.32 Å². The number of hydrogen-bond acceptors (Lipinski definition) is 2. The molecule has 0 aromatic heterocycles. The Hall–Kier alpha value is -2.88. The Labute approximate surface area is 115 Å². The van der Waals surface area contributed by atoms with Gasteiger partial charge in [0.25, 0.3) is 5.91 Å². The predicted octanol–water partition coefficient (Wildman–Crippen LogP) is 2.88. The van der Waals surface area contributed by atoms with Crippen LogP contribution in [0.3, 0.4) is 0 Å². The molecule has 0 spiro atoms.